The summed E-state index contributed by atoms with van der Waals surface area (Å²) in [6.45, 7) is 11.0. The van der Waals surface area contributed by atoms with Gasteiger partial charge in [0.15, 0.2) is 6.29 Å². The molecule has 0 bridgehead atoms. The predicted octanol–water partition coefficient (Wildman–Crippen LogP) is 2.99. The summed E-state index contributed by atoms with van der Waals surface area (Å²) in [5, 5.41) is 22.3. The van der Waals surface area contributed by atoms with E-state index in [-0.39, 0.29) is 35.0 Å². The lowest BCUT2D eigenvalue weighted by molar-refractivity contribution is -0.134. The van der Waals surface area contributed by atoms with E-state index in [4.69, 9.17) is 4.74 Å². The van der Waals surface area contributed by atoms with Crippen LogP contribution in [0.5, 0.6) is 0 Å². The van der Waals surface area contributed by atoms with Gasteiger partial charge in [-0.05, 0) is 54.4 Å². The van der Waals surface area contributed by atoms with E-state index in [9.17, 15) is 15.0 Å². The van der Waals surface area contributed by atoms with Gasteiger partial charge in [0.25, 0.3) is 0 Å². The number of carbonyl (C=O) groups is 1. The Labute approximate surface area is 157 Å². The Morgan fingerprint density at radius 1 is 1.35 bits per heavy atom. The molecule has 2 saturated carbocycles. The molecule has 0 aromatic carbocycles. The number of hydrogen-bond acceptors (Lipinski definition) is 4. The second-order valence-electron chi connectivity index (χ2n) is 9.69. The maximum Gasteiger partial charge on any atom is 0.152 e. The quantitative estimate of drug-likeness (QED) is 0.596. The van der Waals surface area contributed by atoms with Gasteiger partial charge in [-0.1, -0.05) is 38.5 Å². The first-order valence-electron chi connectivity index (χ1n) is 9.78. The van der Waals surface area contributed by atoms with Crippen LogP contribution in [-0.2, 0) is 9.53 Å². The molecule has 146 valence electrons. The van der Waals surface area contributed by atoms with Crippen LogP contribution in [0.3, 0.4) is 0 Å². The first-order valence-corrected chi connectivity index (χ1v) is 9.78. The molecule has 4 nitrogen and oxygen atoms in total. The van der Waals surface area contributed by atoms with Gasteiger partial charge in [0, 0.05) is 19.4 Å². The van der Waals surface area contributed by atoms with Crippen molar-refractivity contribution >= 4 is 6.29 Å². The van der Waals surface area contributed by atoms with Crippen molar-refractivity contribution in [3.63, 3.8) is 0 Å². The zero-order valence-corrected chi connectivity index (χ0v) is 16.9. The Kier molecular flexibility index (Phi) is 5.00. The summed E-state index contributed by atoms with van der Waals surface area (Å²) >= 11 is 0. The minimum Gasteiger partial charge on any atom is -0.393 e. The molecule has 0 aromatic rings. The van der Waals surface area contributed by atoms with Crippen molar-refractivity contribution in [3.05, 3.63) is 23.3 Å². The van der Waals surface area contributed by atoms with Crippen LogP contribution < -0.4 is 0 Å². The third kappa shape index (κ3) is 2.90. The minimum atomic E-state index is -1.46. The Balaban J connectivity index is 2.14. The number of methoxy groups -OCH3 is 1. The molecule has 2 fully saturated rings. The lowest BCUT2D eigenvalue weighted by atomic mass is 9.62. The highest BCUT2D eigenvalue weighted by Crippen LogP contribution is 2.71. The third-order valence-electron chi connectivity index (χ3n) is 7.35. The van der Waals surface area contributed by atoms with Crippen LogP contribution in [0, 0.1) is 40.9 Å². The van der Waals surface area contributed by atoms with Crippen molar-refractivity contribution in [2.75, 3.05) is 13.7 Å². The van der Waals surface area contributed by atoms with Gasteiger partial charge in [-0.15, -0.1) is 0 Å². The van der Waals surface area contributed by atoms with Crippen molar-refractivity contribution < 1.29 is 19.7 Å². The summed E-state index contributed by atoms with van der Waals surface area (Å²) in [5.41, 5.74) is 0.705. The summed E-state index contributed by atoms with van der Waals surface area (Å²) in [5.74, 6) is 0.664. The van der Waals surface area contributed by atoms with E-state index in [1.807, 2.05) is 13.8 Å². The first-order chi connectivity index (χ1) is 12.1. The molecule has 0 aromatic heterocycles. The third-order valence-corrected chi connectivity index (χ3v) is 7.35. The summed E-state index contributed by atoms with van der Waals surface area (Å²) in [6.07, 6.45) is 4.93. The fourth-order valence-electron chi connectivity index (χ4n) is 6.20. The monoisotopic (exact) mass is 362 g/mol. The van der Waals surface area contributed by atoms with Gasteiger partial charge < -0.3 is 19.7 Å². The molecular weight excluding hydrogens is 328 g/mol. The highest BCUT2D eigenvalue weighted by molar-refractivity contribution is 5.65. The van der Waals surface area contributed by atoms with E-state index >= 15 is 0 Å². The van der Waals surface area contributed by atoms with E-state index in [2.05, 4.69) is 32.9 Å². The Hall–Kier alpha value is -0.970. The van der Waals surface area contributed by atoms with Crippen LogP contribution in [0.25, 0.3) is 0 Å². The second-order valence-corrected chi connectivity index (χ2v) is 9.69. The van der Waals surface area contributed by atoms with Crippen molar-refractivity contribution in [2.45, 2.75) is 52.7 Å². The van der Waals surface area contributed by atoms with Crippen LogP contribution in [0.4, 0.5) is 0 Å². The number of hydrogen-bond donors (Lipinski definition) is 2. The fraction of sp³-hybridized carbons (Fsp3) is 0.773. The standard InChI is InChI=1S/C22H34O4/c1-12(2)7-16-17-13(3)20(24)19-18(21(19,4)5)15(17)8-14(10-26-6)9-22(16,25)11-23/h7-8,11,13,15-20,24-25H,9-10H2,1-6H3. The minimum absolute atomic E-state index is 0.0215. The number of ether oxygens (including phenoxy) is 1. The molecule has 0 aliphatic heterocycles. The van der Waals surface area contributed by atoms with Crippen LogP contribution >= 0.6 is 0 Å². The average molecular weight is 363 g/mol. The van der Waals surface area contributed by atoms with Crippen molar-refractivity contribution in [3.8, 4) is 0 Å². The SMILES string of the molecule is COCC1=CC2C(C(C)C(O)C3C2C3(C)C)C(C=C(C)C)C(O)(C=O)C1. The number of aldehydes is 1. The molecule has 8 unspecified atom stereocenters. The Bertz CT molecular complexity index is 630. The van der Waals surface area contributed by atoms with Crippen LogP contribution in [0.1, 0.15) is 41.0 Å². The molecule has 4 heteroatoms. The lowest BCUT2D eigenvalue weighted by Gasteiger charge is -2.44. The molecular formula is C22H34O4. The van der Waals surface area contributed by atoms with E-state index in [1.165, 1.54) is 0 Å². The van der Waals surface area contributed by atoms with Gasteiger partial charge in [-0.3, -0.25) is 0 Å². The number of carbonyl (C=O) groups excluding carboxylic acids is 1. The highest BCUT2D eigenvalue weighted by atomic mass is 16.5. The van der Waals surface area contributed by atoms with Crippen molar-refractivity contribution in [1.29, 1.82) is 0 Å². The number of rotatable bonds is 4. The average Bonchev–Trinajstić information content (AvgIpc) is 3.15. The predicted molar refractivity (Wildman–Crippen MR) is 101 cm³/mol. The lowest BCUT2D eigenvalue weighted by Crippen LogP contribution is -2.49. The molecule has 3 aliphatic carbocycles. The van der Waals surface area contributed by atoms with Gasteiger partial charge in [0.2, 0.25) is 0 Å². The van der Waals surface area contributed by atoms with Crippen LogP contribution in [-0.4, -0.2) is 41.9 Å². The zero-order chi connectivity index (χ0) is 19.4. The zero-order valence-electron chi connectivity index (χ0n) is 16.9. The summed E-state index contributed by atoms with van der Waals surface area (Å²) < 4.78 is 5.36. The van der Waals surface area contributed by atoms with Gasteiger partial charge in [-0.25, -0.2) is 0 Å². The van der Waals surface area contributed by atoms with Gasteiger partial charge in [0.1, 0.15) is 5.60 Å². The molecule has 2 N–H and O–H groups in total. The topological polar surface area (TPSA) is 66.8 Å². The number of allylic oxidation sites excluding steroid dienone is 2. The maximum absolute atomic E-state index is 12.0. The Morgan fingerprint density at radius 3 is 2.54 bits per heavy atom. The maximum atomic E-state index is 12.0. The number of aliphatic hydroxyl groups is 2. The number of aliphatic hydroxyl groups excluding tert-OH is 1. The largest absolute Gasteiger partial charge is 0.393 e. The smallest absolute Gasteiger partial charge is 0.152 e. The van der Waals surface area contributed by atoms with Crippen LogP contribution in [0.15, 0.2) is 23.3 Å². The molecule has 26 heavy (non-hydrogen) atoms. The summed E-state index contributed by atoms with van der Waals surface area (Å²) in [4.78, 5) is 12.0. The van der Waals surface area contributed by atoms with E-state index in [1.54, 1.807) is 7.11 Å². The second kappa shape index (κ2) is 6.57. The molecule has 3 aliphatic rings. The fourth-order valence-corrected chi connectivity index (χ4v) is 6.20. The van der Waals surface area contributed by atoms with E-state index in [0.29, 0.717) is 25.2 Å². The molecule has 3 rings (SSSR count). The summed E-state index contributed by atoms with van der Waals surface area (Å²) in [7, 11) is 1.65. The van der Waals surface area contributed by atoms with E-state index < -0.39 is 11.7 Å². The molecule has 0 saturated heterocycles. The van der Waals surface area contributed by atoms with Gasteiger partial charge in [0.05, 0.1) is 12.7 Å². The highest BCUT2D eigenvalue weighted by Gasteiger charge is 2.70. The normalized spacial score (nSPS) is 46.3. The molecule has 0 amide bonds. The molecule has 8 atom stereocenters. The van der Waals surface area contributed by atoms with E-state index in [0.717, 1.165) is 11.1 Å². The number of fused-ring (bicyclic) bond motifs is 3. The molecule has 0 radical (unpaired) electrons. The van der Waals surface area contributed by atoms with Gasteiger partial charge in [-0.2, -0.15) is 0 Å². The molecule has 0 heterocycles. The summed E-state index contributed by atoms with van der Waals surface area (Å²) in [6, 6.07) is 0. The Morgan fingerprint density at radius 2 is 2.00 bits per heavy atom. The van der Waals surface area contributed by atoms with Gasteiger partial charge >= 0.3 is 0 Å². The first kappa shape index (κ1) is 19.8. The van der Waals surface area contributed by atoms with Crippen molar-refractivity contribution in [2.24, 2.45) is 40.9 Å². The molecule has 0 spiro atoms. The van der Waals surface area contributed by atoms with Crippen molar-refractivity contribution in [1.82, 2.24) is 0 Å². The van der Waals surface area contributed by atoms with Crippen LogP contribution in [0.2, 0.25) is 0 Å².